The van der Waals surface area contributed by atoms with E-state index in [-0.39, 0.29) is 24.2 Å². The SMILES string of the molecule is CC(C)[C@H](NC(=O)Cc1ccccc1)C(=O)NCCOc1ccc(Cl)cc1. The average molecular weight is 389 g/mol. The van der Waals surface area contributed by atoms with Crippen molar-refractivity contribution in [1.82, 2.24) is 10.6 Å². The second-order valence-electron chi connectivity index (χ2n) is 6.54. The number of ether oxygens (including phenoxy) is 1. The lowest BCUT2D eigenvalue weighted by molar-refractivity contribution is -0.129. The molecule has 2 rings (SSSR count). The van der Waals surface area contributed by atoms with Gasteiger partial charge in [-0.25, -0.2) is 0 Å². The zero-order valence-corrected chi connectivity index (χ0v) is 16.3. The van der Waals surface area contributed by atoms with E-state index < -0.39 is 6.04 Å². The smallest absolute Gasteiger partial charge is 0.242 e. The third kappa shape index (κ3) is 7.31. The molecule has 2 aromatic rings. The Morgan fingerprint density at radius 3 is 2.33 bits per heavy atom. The van der Waals surface area contributed by atoms with Gasteiger partial charge in [-0.3, -0.25) is 9.59 Å². The van der Waals surface area contributed by atoms with Crippen molar-refractivity contribution < 1.29 is 14.3 Å². The summed E-state index contributed by atoms with van der Waals surface area (Å²) in [6.45, 7) is 4.48. The van der Waals surface area contributed by atoms with Crippen molar-refractivity contribution in [1.29, 1.82) is 0 Å². The van der Waals surface area contributed by atoms with Gasteiger partial charge in [-0.15, -0.1) is 0 Å². The molecule has 6 heteroatoms. The molecular weight excluding hydrogens is 364 g/mol. The molecule has 5 nitrogen and oxygen atoms in total. The zero-order valence-electron chi connectivity index (χ0n) is 15.6. The van der Waals surface area contributed by atoms with Crippen LogP contribution in [0.2, 0.25) is 5.02 Å². The Bertz CT molecular complexity index is 733. The highest BCUT2D eigenvalue weighted by Crippen LogP contribution is 2.15. The number of hydrogen-bond acceptors (Lipinski definition) is 3. The number of halogens is 1. The summed E-state index contributed by atoms with van der Waals surface area (Å²) in [7, 11) is 0. The van der Waals surface area contributed by atoms with Crippen LogP contribution in [0.4, 0.5) is 0 Å². The molecule has 2 aromatic carbocycles. The highest BCUT2D eigenvalue weighted by molar-refractivity contribution is 6.30. The van der Waals surface area contributed by atoms with E-state index in [1.54, 1.807) is 24.3 Å². The lowest BCUT2D eigenvalue weighted by atomic mass is 10.0. The van der Waals surface area contributed by atoms with Crippen LogP contribution < -0.4 is 15.4 Å². The fourth-order valence-corrected chi connectivity index (χ4v) is 2.65. The first-order chi connectivity index (χ1) is 13.0. The molecule has 2 amide bonds. The molecular formula is C21H25ClN2O3. The quantitative estimate of drug-likeness (QED) is 0.648. The molecule has 144 valence electrons. The van der Waals surface area contributed by atoms with Gasteiger partial charge >= 0.3 is 0 Å². The maximum Gasteiger partial charge on any atom is 0.242 e. The molecule has 0 heterocycles. The van der Waals surface area contributed by atoms with Crippen LogP contribution in [0.5, 0.6) is 5.75 Å². The summed E-state index contributed by atoms with van der Waals surface area (Å²) in [4.78, 5) is 24.7. The molecule has 0 radical (unpaired) electrons. The van der Waals surface area contributed by atoms with Gasteiger partial charge in [0.15, 0.2) is 0 Å². The first-order valence-electron chi connectivity index (χ1n) is 8.95. The number of nitrogens with one attached hydrogen (secondary N) is 2. The largest absolute Gasteiger partial charge is 0.492 e. The molecule has 0 aromatic heterocycles. The van der Waals surface area contributed by atoms with Gasteiger partial charge in [0.05, 0.1) is 13.0 Å². The Labute approximate surface area is 165 Å². The van der Waals surface area contributed by atoms with Crippen LogP contribution in [0.3, 0.4) is 0 Å². The van der Waals surface area contributed by atoms with Crippen LogP contribution in [0.15, 0.2) is 54.6 Å². The van der Waals surface area contributed by atoms with E-state index in [4.69, 9.17) is 16.3 Å². The molecule has 0 aliphatic rings. The van der Waals surface area contributed by atoms with Crippen molar-refractivity contribution in [2.45, 2.75) is 26.3 Å². The van der Waals surface area contributed by atoms with Crippen molar-refractivity contribution in [3.8, 4) is 5.75 Å². The predicted molar refractivity (Wildman–Crippen MR) is 107 cm³/mol. The van der Waals surface area contributed by atoms with Crippen molar-refractivity contribution in [2.75, 3.05) is 13.2 Å². The van der Waals surface area contributed by atoms with Crippen molar-refractivity contribution in [3.63, 3.8) is 0 Å². The fourth-order valence-electron chi connectivity index (χ4n) is 2.52. The van der Waals surface area contributed by atoms with E-state index in [2.05, 4.69) is 10.6 Å². The predicted octanol–water partition coefficient (Wildman–Crippen LogP) is 3.22. The molecule has 0 fully saturated rings. The van der Waals surface area contributed by atoms with E-state index in [1.807, 2.05) is 44.2 Å². The highest BCUT2D eigenvalue weighted by Gasteiger charge is 2.23. The van der Waals surface area contributed by atoms with Gasteiger partial charge in [-0.1, -0.05) is 55.8 Å². The lowest BCUT2D eigenvalue weighted by Crippen LogP contribution is -2.50. The van der Waals surface area contributed by atoms with Crippen molar-refractivity contribution >= 4 is 23.4 Å². The fraction of sp³-hybridized carbons (Fsp3) is 0.333. The lowest BCUT2D eigenvalue weighted by Gasteiger charge is -2.22. The molecule has 0 aliphatic carbocycles. The monoisotopic (exact) mass is 388 g/mol. The van der Waals surface area contributed by atoms with Gasteiger partial charge in [0.1, 0.15) is 18.4 Å². The Morgan fingerprint density at radius 2 is 1.70 bits per heavy atom. The van der Waals surface area contributed by atoms with Crippen LogP contribution in [0.25, 0.3) is 0 Å². The summed E-state index contributed by atoms with van der Waals surface area (Å²) in [5.74, 6) is 0.269. The molecule has 27 heavy (non-hydrogen) atoms. The van der Waals surface area contributed by atoms with E-state index >= 15 is 0 Å². The molecule has 0 unspecified atom stereocenters. The molecule has 1 atom stereocenters. The Hall–Kier alpha value is -2.53. The van der Waals surface area contributed by atoms with E-state index in [0.717, 1.165) is 5.56 Å². The minimum Gasteiger partial charge on any atom is -0.492 e. The molecule has 0 saturated carbocycles. The van der Waals surface area contributed by atoms with Crippen LogP contribution in [0.1, 0.15) is 19.4 Å². The first kappa shape index (κ1) is 20.8. The molecule has 0 spiro atoms. The van der Waals surface area contributed by atoms with E-state index in [1.165, 1.54) is 0 Å². The molecule has 0 saturated heterocycles. The van der Waals surface area contributed by atoms with Gasteiger partial charge in [0.2, 0.25) is 11.8 Å². The van der Waals surface area contributed by atoms with Gasteiger partial charge in [-0.05, 0) is 35.7 Å². The third-order valence-corrected chi connectivity index (χ3v) is 4.21. The van der Waals surface area contributed by atoms with Gasteiger partial charge in [0.25, 0.3) is 0 Å². The standard InChI is InChI=1S/C21H25ClN2O3/c1-15(2)20(24-19(25)14-16-6-4-3-5-7-16)21(26)23-12-13-27-18-10-8-17(22)9-11-18/h3-11,15,20H,12-14H2,1-2H3,(H,23,26)(H,24,25)/t20-/m0/s1. The average Bonchev–Trinajstić information content (AvgIpc) is 2.65. The summed E-state index contributed by atoms with van der Waals surface area (Å²) in [5.41, 5.74) is 0.911. The second-order valence-corrected chi connectivity index (χ2v) is 6.98. The Kier molecular flexibility index (Phi) is 8.14. The van der Waals surface area contributed by atoms with Crippen LogP contribution in [-0.2, 0) is 16.0 Å². The summed E-state index contributed by atoms with van der Waals surface area (Å²) < 4.78 is 5.55. The molecule has 2 N–H and O–H groups in total. The Morgan fingerprint density at radius 1 is 1.04 bits per heavy atom. The van der Waals surface area contributed by atoms with Crippen molar-refractivity contribution in [2.24, 2.45) is 5.92 Å². The van der Waals surface area contributed by atoms with Crippen LogP contribution >= 0.6 is 11.6 Å². The number of amides is 2. The zero-order chi connectivity index (χ0) is 19.6. The minimum atomic E-state index is -0.586. The number of rotatable bonds is 9. The van der Waals surface area contributed by atoms with Gasteiger partial charge < -0.3 is 15.4 Å². The summed E-state index contributed by atoms with van der Waals surface area (Å²) in [6, 6.07) is 15.9. The number of carbonyl (C=O) groups is 2. The second kappa shape index (κ2) is 10.6. The topological polar surface area (TPSA) is 67.4 Å². The first-order valence-corrected chi connectivity index (χ1v) is 9.33. The number of carbonyl (C=O) groups excluding carboxylic acids is 2. The van der Waals surface area contributed by atoms with E-state index in [9.17, 15) is 9.59 Å². The number of benzene rings is 2. The maximum absolute atomic E-state index is 12.4. The minimum absolute atomic E-state index is 0.0260. The molecule has 0 bridgehead atoms. The molecule has 0 aliphatic heterocycles. The van der Waals surface area contributed by atoms with Gasteiger partial charge in [-0.2, -0.15) is 0 Å². The third-order valence-electron chi connectivity index (χ3n) is 3.96. The summed E-state index contributed by atoms with van der Waals surface area (Å²) in [6.07, 6.45) is 0.247. The van der Waals surface area contributed by atoms with Crippen molar-refractivity contribution in [3.05, 3.63) is 65.2 Å². The van der Waals surface area contributed by atoms with Crippen LogP contribution in [0, 0.1) is 5.92 Å². The highest BCUT2D eigenvalue weighted by atomic mass is 35.5. The van der Waals surface area contributed by atoms with Gasteiger partial charge in [0, 0.05) is 5.02 Å². The Balaban J connectivity index is 1.78. The van der Waals surface area contributed by atoms with Crippen LogP contribution in [-0.4, -0.2) is 31.0 Å². The summed E-state index contributed by atoms with van der Waals surface area (Å²) >= 11 is 5.82. The maximum atomic E-state index is 12.4. The van der Waals surface area contributed by atoms with E-state index in [0.29, 0.717) is 23.9 Å². The normalized spacial score (nSPS) is 11.7. The number of hydrogen-bond donors (Lipinski definition) is 2. The summed E-state index contributed by atoms with van der Waals surface area (Å²) in [5, 5.41) is 6.27.